The summed E-state index contributed by atoms with van der Waals surface area (Å²) >= 11 is 0. The first-order chi connectivity index (χ1) is 9.77. The molecule has 0 aromatic heterocycles. The maximum absolute atomic E-state index is 12.2. The lowest BCUT2D eigenvalue weighted by atomic mass is 9.89. The number of carbonyl (C=O) groups is 1. The molecule has 0 aromatic rings. The van der Waals surface area contributed by atoms with E-state index < -0.39 is 0 Å². The molecule has 0 aromatic carbocycles. The summed E-state index contributed by atoms with van der Waals surface area (Å²) in [6.45, 7) is 10.7. The molecule has 122 valence electrons. The lowest BCUT2D eigenvalue weighted by Gasteiger charge is -2.38. The Hall–Kier alpha value is -0.650. The van der Waals surface area contributed by atoms with E-state index in [1.807, 2.05) is 11.9 Å². The zero-order chi connectivity index (χ0) is 15.6. The lowest BCUT2D eigenvalue weighted by Crippen LogP contribution is -2.53. The maximum atomic E-state index is 12.2. The summed E-state index contributed by atoms with van der Waals surface area (Å²) in [6, 6.07) is 0.636. The van der Waals surface area contributed by atoms with Crippen LogP contribution in [-0.4, -0.2) is 84.2 Å². The van der Waals surface area contributed by atoms with Gasteiger partial charge in [0, 0.05) is 38.8 Å². The van der Waals surface area contributed by atoms with Gasteiger partial charge in [-0.2, -0.15) is 0 Å². The quantitative estimate of drug-likeness (QED) is 0.809. The van der Waals surface area contributed by atoms with E-state index >= 15 is 0 Å². The summed E-state index contributed by atoms with van der Waals surface area (Å²) < 4.78 is 0. The predicted octanol–water partition coefficient (Wildman–Crippen LogP) is 0.632. The SMILES string of the molecule is CN(CC(=O)N1CCN(C[C@@H](O)C(C)(C)C)CC1)C1CC1. The maximum Gasteiger partial charge on any atom is 0.236 e. The minimum atomic E-state index is -0.319. The van der Waals surface area contributed by atoms with Gasteiger partial charge in [-0.25, -0.2) is 0 Å². The van der Waals surface area contributed by atoms with Gasteiger partial charge in [0.1, 0.15) is 0 Å². The van der Waals surface area contributed by atoms with E-state index in [2.05, 4.69) is 30.6 Å². The van der Waals surface area contributed by atoms with Gasteiger partial charge in [-0.3, -0.25) is 14.6 Å². The van der Waals surface area contributed by atoms with Gasteiger partial charge >= 0.3 is 0 Å². The highest BCUT2D eigenvalue weighted by Crippen LogP contribution is 2.25. The van der Waals surface area contributed by atoms with Crippen LogP contribution in [0.25, 0.3) is 0 Å². The molecule has 2 rings (SSSR count). The van der Waals surface area contributed by atoms with Gasteiger partial charge in [0.15, 0.2) is 0 Å². The number of hydrogen-bond acceptors (Lipinski definition) is 4. The number of aliphatic hydroxyl groups is 1. The summed E-state index contributed by atoms with van der Waals surface area (Å²) in [5, 5.41) is 10.2. The van der Waals surface area contributed by atoms with Crippen molar-refractivity contribution in [2.45, 2.75) is 45.8 Å². The number of nitrogens with zero attached hydrogens (tertiary/aromatic N) is 3. The number of amides is 1. The smallest absolute Gasteiger partial charge is 0.236 e. The van der Waals surface area contributed by atoms with Gasteiger partial charge in [-0.15, -0.1) is 0 Å². The van der Waals surface area contributed by atoms with E-state index in [-0.39, 0.29) is 17.4 Å². The van der Waals surface area contributed by atoms with Crippen LogP contribution >= 0.6 is 0 Å². The number of piperazine rings is 1. The molecule has 1 saturated heterocycles. The molecule has 21 heavy (non-hydrogen) atoms. The Morgan fingerprint density at radius 3 is 2.29 bits per heavy atom. The third-order valence-corrected chi connectivity index (χ3v) is 4.71. The molecule has 2 fully saturated rings. The van der Waals surface area contributed by atoms with Crippen molar-refractivity contribution in [1.82, 2.24) is 14.7 Å². The largest absolute Gasteiger partial charge is 0.391 e. The molecule has 1 amide bonds. The van der Waals surface area contributed by atoms with Crippen molar-refractivity contribution in [2.24, 2.45) is 5.41 Å². The number of β-amino-alcohol motifs (C(OH)–C–C–N with tert-alkyl or cyclic N) is 1. The second-order valence-corrected chi connectivity index (χ2v) is 7.71. The van der Waals surface area contributed by atoms with Crippen LogP contribution in [0.2, 0.25) is 0 Å². The fourth-order valence-corrected chi connectivity index (χ4v) is 2.66. The van der Waals surface area contributed by atoms with Crippen LogP contribution in [0.15, 0.2) is 0 Å². The highest BCUT2D eigenvalue weighted by atomic mass is 16.3. The molecule has 5 nitrogen and oxygen atoms in total. The van der Waals surface area contributed by atoms with Gasteiger partial charge in [0.05, 0.1) is 12.6 Å². The Kier molecular flexibility index (Phi) is 5.28. The van der Waals surface area contributed by atoms with E-state index in [4.69, 9.17) is 0 Å². The number of likely N-dealkylation sites (N-methyl/N-ethyl adjacent to an activating group) is 1. The number of carbonyl (C=O) groups excluding carboxylic acids is 1. The first-order valence-corrected chi connectivity index (χ1v) is 8.16. The summed E-state index contributed by atoms with van der Waals surface area (Å²) in [5.74, 6) is 0.250. The van der Waals surface area contributed by atoms with E-state index in [1.54, 1.807) is 0 Å². The molecule has 1 aliphatic carbocycles. The Bertz CT molecular complexity index is 355. The Morgan fingerprint density at radius 2 is 1.81 bits per heavy atom. The molecule has 2 aliphatic rings. The van der Waals surface area contributed by atoms with Crippen LogP contribution in [0.1, 0.15) is 33.6 Å². The summed E-state index contributed by atoms with van der Waals surface area (Å²) in [6.07, 6.45) is 2.16. The molecule has 1 aliphatic heterocycles. The van der Waals surface area contributed by atoms with E-state index in [9.17, 15) is 9.90 Å². The third-order valence-electron chi connectivity index (χ3n) is 4.71. The second kappa shape index (κ2) is 6.63. The van der Waals surface area contributed by atoms with Gasteiger partial charge in [0.25, 0.3) is 0 Å². The van der Waals surface area contributed by atoms with Gasteiger partial charge in [-0.05, 0) is 25.3 Å². The van der Waals surface area contributed by atoms with Crippen LogP contribution < -0.4 is 0 Å². The van der Waals surface area contributed by atoms with E-state index in [0.717, 1.165) is 26.2 Å². The second-order valence-electron chi connectivity index (χ2n) is 7.71. The first kappa shape index (κ1) is 16.7. The van der Waals surface area contributed by atoms with Crippen molar-refractivity contribution in [1.29, 1.82) is 0 Å². The highest BCUT2D eigenvalue weighted by molar-refractivity contribution is 5.78. The molecule has 0 unspecified atom stereocenters. The number of hydrogen-bond donors (Lipinski definition) is 1. The zero-order valence-corrected chi connectivity index (χ0v) is 14.0. The monoisotopic (exact) mass is 297 g/mol. The number of aliphatic hydroxyl groups excluding tert-OH is 1. The zero-order valence-electron chi connectivity index (χ0n) is 14.0. The van der Waals surface area contributed by atoms with Gasteiger partial charge < -0.3 is 10.0 Å². The fourth-order valence-electron chi connectivity index (χ4n) is 2.66. The Morgan fingerprint density at radius 1 is 1.24 bits per heavy atom. The Labute approximate surface area is 128 Å². The van der Waals surface area contributed by atoms with E-state index in [0.29, 0.717) is 19.1 Å². The first-order valence-electron chi connectivity index (χ1n) is 8.16. The van der Waals surface area contributed by atoms with Crippen molar-refractivity contribution >= 4 is 5.91 Å². The molecule has 1 heterocycles. The van der Waals surface area contributed by atoms with Crippen LogP contribution in [0.5, 0.6) is 0 Å². The minimum absolute atomic E-state index is 0.0834. The molecule has 0 radical (unpaired) electrons. The average molecular weight is 297 g/mol. The fraction of sp³-hybridized carbons (Fsp3) is 0.938. The molecular weight excluding hydrogens is 266 g/mol. The average Bonchev–Trinajstić information content (AvgIpc) is 3.22. The van der Waals surface area contributed by atoms with Gasteiger partial charge in [0.2, 0.25) is 5.91 Å². The van der Waals surface area contributed by atoms with Crippen molar-refractivity contribution < 1.29 is 9.90 Å². The molecule has 1 N–H and O–H groups in total. The molecule has 1 saturated carbocycles. The predicted molar refractivity (Wildman–Crippen MR) is 84.1 cm³/mol. The summed E-state index contributed by atoms with van der Waals surface area (Å²) in [7, 11) is 2.05. The standard InChI is InChI=1S/C16H31N3O2/c1-16(2,3)14(20)11-18-7-9-19(10-8-18)15(21)12-17(4)13-5-6-13/h13-14,20H,5-12H2,1-4H3/t14-/m1/s1. The van der Waals surface area contributed by atoms with Gasteiger partial charge in [-0.1, -0.05) is 20.8 Å². The van der Waals surface area contributed by atoms with Crippen LogP contribution in [0, 0.1) is 5.41 Å². The van der Waals surface area contributed by atoms with Crippen molar-refractivity contribution in [2.75, 3.05) is 46.3 Å². The van der Waals surface area contributed by atoms with Crippen LogP contribution in [0.3, 0.4) is 0 Å². The van der Waals surface area contributed by atoms with E-state index in [1.165, 1.54) is 12.8 Å². The van der Waals surface area contributed by atoms with Crippen molar-refractivity contribution in [3.63, 3.8) is 0 Å². The van der Waals surface area contributed by atoms with Crippen molar-refractivity contribution in [3.05, 3.63) is 0 Å². The lowest BCUT2D eigenvalue weighted by molar-refractivity contribution is -0.134. The Balaban J connectivity index is 1.71. The minimum Gasteiger partial charge on any atom is -0.391 e. The summed E-state index contributed by atoms with van der Waals surface area (Å²) in [4.78, 5) is 18.7. The highest BCUT2D eigenvalue weighted by Gasteiger charge is 2.30. The van der Waals surface area contributed by atoms with Crippen molar-refractivity contribution in [3.8, 4) is 0 Å². The normalized spacial score (nSPS) is 22.7. The summed E-state index contributed by atoms with van der Waals surface area (Å²) in [5.41, 5.74) is -0.0834. The molecule has 1 atom stereocenters. The molecule has 0 spiro atoms. The van der Waals surface area contributed by atoms with Crippen LogP contribution in [-0.2, 0) is 4.79 Å². The number of rotatable bonds is 5. The third kappa shape index (κ3) is 4.94. The molecule has 0 bridgehead atoms. The topological polar surface area (TPSA) is 47.0 Å². The van der Waals surface area contributed by atoms with Crippen LogP contribution in [0.4, 0.5) is 0 Å². The molecular formula is C16H31N3O2. The molecule has 5 heteroatoms.